The van der Waals surface area contributed by atoms with Crippen LogP contribution in [0.5, 0.6) is 0 Å². The van der Waals surface area contributed by atoms with Gasteiger partial charge in [-0.25, -0.2) is 0 Å². The van der Waals surface area contributed by atoms with Gasteiger partial charge >= 0.3 is 0 Å². The van der Waals surface area contributed by atoms with E-state index in [-0.39, 0.29) is 0 Å². The molecule has 0 saturated heterocycles. The zero-order valence-electron chi connectivity index (χ0n) is 12.3. The van der Waals surface area contributed by atoms with E-state index in [2.05, 4.69) is 59.5 Å². The molecule has 2 heterocycles. The highest BCUT2D eigenvalue weighted by Crippen LogP contribution is 2.33. The summed E-state index contributed by atoms with van der Waals surface area (Å²) in [6.07, 6.45) is 2.72. The Morgan fingerprint density at radius 1 is 1.04 bits per heavy atom. The molecule has 2 aromatic carbocycles. The lowest BCUT2D eigenvalue weighted by Crippen LogP contribution is -2.16. The average molecular weight is 368 g/mol. The number of anilines is 4. The molecule has 3 aromatic rings. The number of benzene rings is 2. The second kappa shape index (κ2) is 5.96. The van der Waals surface area contributed by atoms with E-state index in [0.29, 0.717) is 5.95 Å². The number of rotatable bonds is 3. The minimum absolute atomic E-state index is 0.485. The van der Waals surface area contributed by atoms with Crippen LogP contribution in [0.15, 0.2) is 59.2 Å². The molecule has 5 nitrogen and oxygen atoms in total. The monoisotopic (exact) mass is 367 g/mol. The highest BCUT2D eigenvalue weighted by molar-refractivity contribution is 9.10. The van der Waals surface area contributed by atoms with Gasteiger partial charge in [-0.3, -0.25) is 0 Å². The van der Waals surface area contributed by atoms with Crippen LogP contribution in [-0.2, 0) is 6.42 Å². The Bertz CT molecular complexity index is 852. The maximum Gasteiger partial charge on any atom is 0.249 e. The van der Waals surface area contributed by atoms with Crippen LogP contribution >= 0.6 is 15.9 Å². The van der Waals surface area contributed by atoms with Gasteiger partial charge in [-0.2, -0.15) is 10.1 Å². The molecule has 0 amide bonds. The molecule has 1 aliphatic rings. The Morgan fingerprint density at radius 2 is 1.87 bits per heavy atom. The molecule has 0 aliphatic carbocycles. The maximum absolute atomic E-state index is 4.61. The zero-order valence-corrected chi connectivity index (χ0v) is 13.9. The number of para-hydroxylation sites is 2. The standard InChI is InChI=1S/C17H14BrN5/c18-13-6-2-3-7-14(13)20-17-21-16(11-19-22-17)23-10-9-12-5-1-4-8-15(12)23/h1-8,11H,9-10H2,(H,20,21,22). The molecule has 1 aromatic heterocycles. The van der Waals surface area contributed by atoms with Crippen molar-refractivity contribution < 1.29 is 0 Å². The summed E-state index contributed by atoms with van der Waals surface area (Å²) in [7, 11) is 0. The van der Waals surface area contributed by atoms with Crippen molar-refractivity contribution in [2.75, 3.05) is 16.8 Å². The van der Waals surface area contributed by atoms with E-state index in [1.165, 1.54) is 11.3 Å². The van der Waals surface area contributed by atoms with E-state index in [4.69, 9.17) is 0 Å². The van der Waals surface area contributed by atoms with Crippen molar-refractivity contribution in [2.24, 2.45) is 0 Å². The number of halogens is 1. The van der Waals surface area contributed by atoms with Crippen molar-refractivity contribution in [2.45, 2.75) is 6.42 Å². The number of fused-ring (bicyclic) bond motifs is 1. The van der Waals surface area contributed by atoms with Gasteiger partial charge in [0.2, 0.25) is 5.95 Å². The first-order valence-corrected chi connectivity index (χ1v) is 8.17. The van der Waals surface area contributed by atoms with Gasteiger partial charge in [-0.05, 0) is 46.1 Å². The average Bonchev–Trinajstić information content (AvgIpc) is 3.01. The fourth-order valence-electron chi connectivity index (χ4n) is 2.74. The second-order valence-electron chi connectivity index (χ2n) is 5.27. The molecule has 0 bridgehead atoms. The van der Waals surface area contributed by atoms with E-state index in [0.717, 1.165) is 28.9 Å². The van der Waals surface area contributed by atoms with Crippen molar-refractivity contribution in [3.63, 3.8) is 0 Å². The largest absolute Gasteiger partial charge is 0.324 e. The molecule has 0 saturated carbocycles. The Balaban J connectivity index is 1.64. The molecule has 4 rings (SSSR count). The second-order valence-corrected chi connectivity index (χ2v) is 6.13. The number of nitrogens with one attached hydrogen (secondary N) is 1. The summed E-state index contributed by atoms with van der Waals surface area (Å²) >= 11 is 3.51. The summed E-state index contributed by atoms with van der Waals surface area (Å²) in [6.45, 7) is 0.909. The molecule has 1 N–H and O–H groups in total. The fraction of sp³-hybridized carbons (Fsp3) is 0.118. The van der Waals surface area contributed by atoms with E-state index in [1.807, 2.05) is 30.3 Å². The van der Waals surface area contributed by atoms with Crippen LogP contribution in [0.1, 0.15) is 5.56 Å². The predicted octanol–water partition coefficient (Wildman–Crippen LogP) is 4.07. The van der Waals surface area contributed by atoms with Gasteiger partial charge in [0.1, 0.15) is 0 Å². The van der Waals surface area contributed by atoms with E-state index >= 15 is 0 Å². The van der Waals surface area contributed by atoms with Gasteiger partial charge in [0.05, 0.1) is 11.9 Å². The van der Waals surface area contributed by atoms with Crippen molar-refractivity contribution in [1.29, 1.82) is 0 Å². The maximum atomic E-state index is 4.61. The highest BCUT2D eigenvalue weighted by atomic mass is 79.9. The lowest BCUT2D eigenvalue weighted by molar-refractivity contribution is 0.920. The van der Waals surface area contributed by atoms with Gasteiger partial charge in [-0.15, -0.1) is 5.10 Å². The van der Waals surface area contributed by atoms with Crippen LogP contribution in [0.25, 0.3) is 0 Å². The molecule has 23 heavy (non-hydrogen) atoms. The summed E-state index contributed by atoms with van der Waals surface area (Å²) < 4.78 is 0.959. The summed E-state index contributed by atoms with van der Waals surface area (Å²) in [5, 5.41) is 11.4. The Kier molecular flexibility index (Phi) is 3.67. The summed E-state index contributed by atoms with van der Waals surface area (Å²) in [5.74, 6) is 1.29. The van der Waals surface area contributed by atoms with E-state index in [1.54, 1.807) is 6.20 Å². The third-order valence-corrected chi connectivity index (χ3v) is 4.52. The van der Waals surface area contributed by atoms with Gasteiger partial charge in [0, 0.05) is 16.7 Å². The molecule has 0 unspecified atom stereocenters. The van der Waals surface area contributed by atoms with Crippen molar-refractivity contribution >= 4 is 39.1 Å². The molecular weight excluding hydrogens is 354 g/mol. The van der Waals surface area contributed by atoms with Gasteiger partial charge in [0.15, 0.2) is 5.82 Å². The quantitative estimate of drug-likeness (QED) is 0.755. The van der Waals surface area contributed by atoms with Crippen LogP contribution in [0, 0.1) is 0 Å². The summed E-state index contributed by atoms with van der Waals surface area (Å²) in [4.78, 5) is 6.79. The van der Waals surface area contributed by atoms with Crippen molar-refractivity contribution in [3.8, 4) is 0 Å². The lowest BCUT2D eigenvalue weighted by atomic mass is 10.2. The number of hydrogen-bond donors (Lipinski definition) is 1. The lowest BCUT2D eigenvalue weighted by Gasteiger charge is -2.18. The van der Waals surface area contributed by atoms with Crippen molar-refractivity contribution in [3.05, 3.63) is 64.8 Å². The van der Waals surface area contributed by atoms with Crippen molar-refractivity contribution in [1.82, 2.24) is 15.2 Å². The molecule has 114 valence electrons. The molecule has 0 radical (unpaired) electrons. The molecule has 0 spiro atoms. The Morgan fingerprint density at radius 3 is 2.78 bits per heavy atom. The topological polar surface area (TPSA) is 53.9 Å². The fourth-order valence-corrected chi connectivity index (χ4v) is 3.12. The van der Waals surface area contributed by atoms with Crippen LogP contribution in [-0.4, -0.2) is 21.7 Å². The van der Waals surface area contributed by atoms with Gasteiger partial charge < -0.3 is 10.2 Å². The number of hydrogen-bond acceptors (Lipinski definition) is 5. The molecule has 0 fully saturated rings. The minimum atomic E-state index is 0.485. The van der Waals surface area contributed by atoms with E-state index in [9.17, 15) is 0 Å². The SMILES string of the molecule is Brc1ccccc1Nc1nncc(N2CCc3ccccc32)n1. The Hall–Kier alpha value is -2.47. The van der Waals surface area contributed by atoms with Gasteiger partial charge in [0.25, 0.3) is 0 Å². The normalized spacial score (nSPS) is 13.0. The van der Waals surface area contributed by atoms with Gasteiger partial charge in [-0.1, -0.05) is 30.3 Å². The summed E-state index contributed by atoms with van der Waals surface area (Å²) in [5.41, 5.74) is 3.44. The minimum Gasteiger partial charge on any atom is -0.324 e. The summed E-state index contributed by atoms with van der Waals surface area (Å²) in [6, 6.07) is 16.2. The molecule has 0 atom stereocenters. The van der Waals surface area contributed by atoms with Crippen LogP contribution in [0.4, 0.5) is 23.1 Å². The number of nitrogens with zero attached hydrogens (tertiary/aromatic N) is 4. The zero-order chi connectivity index (χ0) is 15.6. The molecule has 1 aliphatic heterocycles. The van der Waals surface area contributed by atoms with Crippen LogP contribution < -0.4 is 10.2 Å². The Labute approximate surface area is 142 Å². The molecule has 6 heteroatoms. The predicted molar refractivity (Wildman–Crippen MR) is 94.4 cm³/mol. The first-order valence-electron chi connectivity index (χ1n) is 7.38. The smallest absolute Gasteiger partial charge is 0.249 e. The molecular formula is C17H14BrN5. The van der Waals surface area contributed by atoms with Crippen LogP contribution in [0.2, 0.25) is 0 Å². The van der Waals surface area contributed by atoms with Crippen LogP contribution in [0.3, 0.4) is 0 Å². The third-order valence-electron chi connectivity index (χ3n) is 3.83. The number of aromatic nitrogens is 3. The first-order chi connectivity index (χ1) is 11.3. The third kappa shape index (κ3) is 2.77. The highest BCUT2D eigenvalue weighted by Gasteiger charge is 2.21. The van der Waals surface area contributed by atoms with E-state index < -0.39 is 0 Å². The first kappa shape index (κ1) is 14.1.